The average Bonchev–Trinajstić information content (AvgIpc) is 0.722. The molecule has 0 aromatic heterocycles. The van der Waals surface area contributed by atoms with E-state index in [1.807, 2.05) is 0 Å². The van der Waals surface area contributed by atoms with E-state index in [0.29, 0.717) is 0 Å². The fourth-order valence-electron chi connectivity index (χ4n) is 0. The third-order valence-electron chi connectivity index (χ3n) is 0. The zero-order valence-electron chi connectivity index (χ0n) is 2.20. The lowest BCUT2D eigenvalue weighted by molar-refractivity contribution is 0.363. The normalized spacial score (nSPS) is 9.83. The van der Waals surface area contributed by atoms with E-state index < -0.39 is 6.72 Å². The molecule has 0 aromatic rings. The second-order valence-electron chi connectivity index (χ2n) is 0.513. The topological polar surface area (TPSA) is 60.7 Å². The van der Waals surface area contributed by atoms with Crippen molar-refractivity contribution in [1.82, 2.24) is 0 Å². The molecule has 0 amide bonds. The predicted octanol–water partition coefficient (Wildman–Crippen LogP) is -1.73. The molecule has 6 heteroatoms. The molecule has 0 heterocycles. The van der Waals surface area contributed by atoms with Gasteiger partial charge in [-0.3, -0.25) is 0 Å². The number of rotatable bonds is 0. The van der Waals surface area contributed by atoms with Crippen molar-refractivity contribution in [3.8, 4) is 0 Å². The first-order chi connectivity index (χ1) is 2.00. The van der Waals surface area contributed by atoms with Crippen molar-refractivity contribution in [2.24, 2.45) is 0 Å². The Bertz CT molecular complexity index is 56.9. The van der Waals surface area contributed by atoms with E-state index in [1.54, 1.807) is 0 Å². The van der Waals surface area contributed by atoms with Crippen molar-refractivity contribution in [3.63, 3.8) is 0 Å². The fraction of sp³-hybridized carbons (Fsp3) is 0. The summed E-state index contributed by atoms with van der Waals surface area (Å²) in [6.07, 6.45) is 0. The van der Waals surface area contributed by atoms with Crippen molar-refractivity contribution < 1.29 is 14.7 Å². The minimum absolute atomic E-state index is 0. The van der Waals surface area contributed by atoms with E-state index in [0.717, 1.165) is 0 Å². The van der Waals surface area contributed by atoms with Crippen LogP contribution >= 0.6 is 6.72 Å². The Labute approximate surface area is 56.4 Å². The summed E-state index contributed by atoms with van der Waals surface area (Å²) in [5, 5.41) is 0. The Balaban J connectivity index is 0. The molecule has 0 unspecified atom stereocenters. The quantitative estimate of drug-likeness (QED) is 0.276. The molecule has 36 valence electrons. The van der Waals surface area contributed by atoms with Gasteiger partial charge in [0.1, 0.15) is 0 Å². The third-order valence-corrected chi connectivity index (χ3v) is 0. The molecule has 0 aliphatic rings. The molecule has 0 aliphatic heterocycles. The molecule has 0 spiro atoms. The van der Waals surface area contributed by atoms with Crippen LogP contribution in [0.15, 0.2) is 0 Å². The Hall–Kier alpha value is 1.30. The van der Waals surface area contributed by atoms with Gasteiger partial charge in [0, 0.05) is 0 Å². The summed E-state index contributed by atoms with van der Waals surface area (Å²) in [4.78, 5) is 22.7. The summed E-state index contributed by atoms with van der Waals surface area (Å²) in [6.45, 7) is -3.81. The van der Waals surface area contributed by atoms with Crippen LogP contribution in [0, 0.1) is 0 Å². The van der Waals surface area contributed by atoms with E-state index in [2.05, 4.69) is 11.8 Å². The van der Waals surface area contributed by atoms with Crippen LogP contribution in [0.2, 0.25) is 0 Å². The van der Waals surface area contributed by atoms with Gasteiger partial charge >= 0.3 is 29.8 Å². The van der Waals surface area contributed by atoms with Gasteiger partial charge in [0.05, 0.1) is 0 Å². The lowest BCUT2D eigenvalue weighted by Crippen LogP contribution is -1.65. The summed E-state index contributed by atoms with van der Waals surface area (Å²) < 4.78 is 0. The summed E-state index contributed by atoms with van der Waals surface area (Å²) in [5.74, 6) is 0. The van der Waals surface area contributed by atoms with Gasteiger partial charge in [-0.05, 0) is 11.8 Å². The van der Waals surface area contributed by atoms with E-state index in [1.165, 1.54) is 0 Å². The molecule has 0 saturated carbocycles. The minimum atomic E-state index is -3.81. The van der Waals surface area contributed by atoms with Crippen molar-refractivity contribution >= 4 is 41.6 Å². The van der Waals surface area contributed by atoms with Gasteiger partial charge in [-0.1, -0.05) is 0 Å². The van der Waals surface area contributed by atoms with Crippen molar-refractivity contribution in [3.05, 3.63) is 0 Å². The molecular formula is H5MgO3PS. The van der Waals surface area contributed by atoms with Crippen LogP contribution in [0.1, 0.15) is 0 Å². The predicted molar refractivity (Wildman–Crippen MR) is 29.5 cm³/mol. The van der Waals surface area contributed by atoms with E-state index in [4.69, 9.17) is 14.7 Å². The second-order valence-corrected chi connectivity index (χ2v) is 3.01. The molecule has 0 radical (unpaired) electrons. The van der Waals surface area contributed by atoms with Gasteiger partial charge in [0.2, 0.25) is 0 Å². The van der Waals surface area contributed by atoms with Crippen LogP contribution in [0.3, 0.4) is 0 Å². The van der Waals surface area contributed by atoms with E-state index >= 15 is 0 Å². The first-order valence-electron chi connectivity index (χ1n) is 0.783. The lowest BCUT2D eigenvalue weighted by Gasteiger charge is -1.88. The van der Waals surface area contributed by atoms with Gasteiger partial charge in [0.25, 0.3) is 0 Å². The van der Waals surface area contributed by atoms with Gasteiger partial charge in [-0.25, -0.2) is 0 Å². The highest BCUT2D eigenvalue weighted by Crippen LogP contribution is 2.26. The molecule has 3 N–H and O–H groups in total. The monoisotopic (exact) mass is 140 g/mol. The third kappa shape index (κ3) is 58.2. The molecule has 6 heavy (non-hydrogen) atoms. The van der Waals surface area contributed by atoms with Gasteiger partial charge in [-0.15, -0.1) is 0 Å². The van der Waals surface area contributed by atoms with Crippen molar-refractivity contribution in [1.29, 1.82) is 0 Å². The zero-order chi connectivity index (χ0) is 4.50. The van der Waals surface area contributed by atoms with Gasteiger partial charge in [0.15, 0.2) is 0 Å². The SMILES string of the molecule is OP(O)(O)=S.[MgH2]. The Kier molecular flexibility index (Phi) is 5.70. The lowest BCUT2D eigenvalue weighted by atomic mass is 15.8. The highest BCUT2D eigenvalue weighted by Gasteiger charge is 1.92. The summed E-state index contributed by atoms with van der Waals surface area (Å²) in [7, 11) is 0. The van der Waals surface area contributed by atoms with Gasteiger partial charge in [-0.2, -0.15) is 0 Å². The first kappa shape index (κ1) is 10.3. The fourth-order valence-corrected chi connectivity index (χ4v) is 0. The maximum Gasteiger partial charge on any atom is 0.319 e. The molecule has 0 aliphatic carbocycles. The standard InChI is InChI=1S/Mg.H3O3PS.2H/c;1-4(2,3)5;;/h;(H3,1,2,3,5);;. The van der Waals surface area contributed by atoms with Crippen LogP contribution in [0.5, 0.6) is 0 Å². The molecule has 3 nitrogen and oxygen atoms in total. The zero-order valence-corrected chi connectivity index (χ0v) is 3.91. The van der Waals surface area contributed by atoms with Crippen LogP contribution in [0.25, 0.3) is 0 Å². The minimum Gasteiger partial charge on any atom is -0.325 e. The van der Waals surface area contributed by atoms with Crippen LogP contribution in [-0.4, -0.2) is 37.7 Å². The molecule has 0 fully saturated rings. The molecule has 0 aromatic carbocycles. The Morgan fingerprint density at radius 3 is 1.17 bits per heavy atom. The van der Waals surface area contributed by atoms with E-state index in [-0.39, 0.29) is 23.1 Å². The molecule has 0 rings (SSSR count). The van der Waals surface area contributed by atoms with Crippen molar-refractivity contribution in [2.45, 2.75) is 0 Å². The second kappa shape index (κ2) is 3.32. The average molecular weight is 140 g/mol. The number of hydrogen-bond donors (Lipinski definition) is 3. The molecule has 0 saturated heterocycles. The maximum absolute atomic E-state index is 7.56. The summed E-state index contributed by atoms with van der Waals surface area (Å²) in [6, 6.07) is 0. The number of hydrogen-bond acceptors (Lipinski definition) is 1. The first-order valence-corrected chi connectivity index (χ1v) is 3.44. The summed E-state index contributed by atoms with van der Waals surface area (Å²) >= 11 is 3.60. The van der Waals surface area contributed by atoms with Crippen LogP contribution < -0.4 is 0 Å². The Morgan fingerprint density at radius 1 is 1.17 bits per heavy atom. The van der Waals surface area contributed by atoms with Crippen LogP contribution in [0.4, 0.5) is 0 Å². The van der Waals surface area contributed by atoms with Gasteiger partial charge < -0.3 is 14.7 Å². The smallest absolute Gasteiger partial charge is 0.319 e. The molecule has 0 atom stereocenters. The Morgan fingerprint density at radius 2 is 1.17 bits per heavy atom. The van der Waals surface area contributed by atoms with Crippen LogP contribution in [-0.2, 0) is 11.8 Å². The summed E-state index contributed by atoms with van der Waals surface area (Å²) in [5.41, 5.74) is 0. The molecular weight excluding hydrogens is 135 g/mol. The highest BCUT2D eigenvalue weighted by atomic mass is 32.5. The van der Waals surface area contributed by atoms with Crippen molar-refractivity contribution in [2.75, 3.05) is 0 Å². The largest absolute Gasteiger partial charge is 0.325 e. The maximum atomic E-state index is 7.56. The van der Waals surface area contributed by atoms with E-state index in [9.17, 15) is 0 Å². The highest BCUT2D eigenvalue weighted by molar-refractivity contribution is 8.06. The molecule has 0 bridgehead atoms.